The molecule has 1 amide bonds. The Balaban J connectivity index is 2.25. The average Bonchev–Trinajstić information content (AvgIpc) is 2.60. The van der Waals surface area contributed by atoms with Crippen LogP contribution in [0.1, 0.15) is 52.5 Å². The average molecular weight is 378 g/mol. The van der Waals surface area contributed by atoms with E-state index in [1.54, 1.807) is 28.7 Å². The second kappa shape index (κ2) is 8.59. The van der Waals surface area contributed by atoms with Crippen molar-refractivity contribution < 1.29 is 19.1 Å². The third-order valence-corrected chi connectivity index (χ3v) is 4.64. The molecule has 27 heavy (non-hydrogen) atoms. The lowest BCUT2D eigenvalue weighted by molar-refractivity contribution is -0.150. The van der Waals surface area contributed by atoms with Crippen molar-refractivity contribution in [2.45, 2.75) is 59.1 Å². The van der Waals surface area contributed by atoms with Crippen LogP contribution in [0.2, 0.25) is 0 Å². The van der Waals surface area contributed by atoms with Crippen LogP contribution in [0.25, 0.3) is 0 Å². The number of likely N-dealkylation sites (tertiary alicyclic amines) is 1. The Morgan fingerprint density at radius 2 is 1.96 bits per heavy atom. The molecular weight excluding hydrogens is 348 g/mol. The van der Waals surface area contributed by atoms with Crippen molar-refractivity contribution in [3.63, 3.8) is 0 Å². The molecule has 7 heteroatoms. The fraction of sp³-hybridized carbons (Fsp3) is 0.650. The van der Waals surface area contributed by atoms with Crippen molar-refractivity contribution in [3.05, 3.63) is 34.2 Å². The molecule has 150 valence electrons. The third-order valence-electron chi connectivity index (χ3n) is 4.64. The number of esters is 1. The number of carbonyl (C=O) groups is 2. The summed E-state index contributed by atoms with van der Waals surface area (Å²) in [6.07, 6.45) is 1.88. The zero-order valence-corrected chi connectivity index (χ0v) is 16.9. The second-order valence-electron chi connectivity index (χ2n) is 7.76. The van der Waals surface area contributed by atoms with Crippen LogP contribution in [0.5, 0.6) is 0 Å². The van der Waals surface area contributed by atoms with E-state index in [0.29, 0.717) is 19.5 Å². The Labute approximate surface area is 160 Å². The van der Waals surface area contributed by atoms with Gasteiger partial charge in [-0.05, 0) is 52.7 Å². The van der Waals surface area contributed by atoms with Crippen LogP contribution in [0.3, 0.4) is 0 Å². The van der Waals surface area contributed by atoms with Gasteiger partial charge in [0.2, 0.25) is 0 Å². The zero-order valence-electron chi connectivity index (χ0n) is 16.9. The van der Waals surface area contributed by atoms with E-state index in [1.807, 2.05) is 33.8 Å². The number of carbonyl (C=O) groups excluding carboxylic acids is 2. The van der Waals surface area contributed by atoms with Gasteiger partial charge < -0.3 is 18.9 Å². The molecule has 0 radical (unpaired) electrons. The maximum atomic E-state index is 12.6. The molecule has 0 spiro atoms. The van der Waals surface area contributed by atoms with Crippen LogP contribution in [-0.2, 0) is 20.8 Å². The van der Waals surface area contributed by atoms with E-state index in [1.165, 1.54) is 0 Å². The Hall–Kier alpha value is -2.31. The number of nitrogens with zero attached hydrogens (tertiary/aromatic N) is 2. The van der Waals surface area contributed by atoms with Gasteiger partial charge in [0.05, 0.1) is 12.5 Å². The zero-order chi connectivity index (χ0) is 20.2. The normalized spacial score (nSPS) is 20.3. The van der Waals surface area contributed by atoms with Crippen LogP contribution in [-0.4, -0.2) is 46.8 Å². The van der Waals surface area contributed by atoms with Crippen LogP contribution >= 0.6 is 0 Å². The van der Waals surface area contributed by atoms with Gasteiger partial charge in [0, 0.05) is 37.8 Å². The van der Waals surface area contributed by atoms with Gasteiger partial charge >= 0.3 is 12.1 Å². The van der Waals surface area contributed by atoms with Crippen molar-refractivity contribution >= 4 is 12.1 Å². The number of aromatic nitrogens is 1. The number of piperidine rings is 1. The van der Waals surface area contributed by atoms with Gasteiger partial charge in [-0.15, -0.1) is 0 Å². The number of amides is 1. The molecule has 2 atom stereocenters. The molecule has 1 aromatic rings. The van der Waals surface area contributed by atoms with E-state index in [2.05, 4.69) is 0 Å². The summed E-state index contributed by atoms with van der Waals surface area (Å²) in [6.45, 7) is 10.6. The van der Waals surface area contributed by atoms with E-state index >= 15 is 0 Å². The van der Waals surface area contributed by atoms with Gasteiger partial charge in [-0.1, -0.05) is 0 Å². The molecule has 0 bridgehead atoms. The van der Waals surface area contributed by atoms with Gasteiger partial charge in [0.25, 0.3) is 5.56 Å². The van der Waals surface area contributed by atoms with E-state index in [4.69, 9.17) is 9.47 Å². The maximum Gasteiger partial charge on any atom is 0.410 e. The van der Waals surface area contributed by atoms with E-state index in [0.717, 1.165) is 5.56 Å². The Kier molecular flexibility index (Phi) is 6.68. The first kappa shape index (κ1) is 21.0. The van der Waals surface area contributed by atoms with Gasteiger partial charge in [-0.2, -0.15) is 0 Å². The molecule has 0 aromatic carbocycles. The number of rotatable bonds is 4. The molecule has 1 saturated heterocycles. The van der Waals surface area contributed by atoms with Crippen LogP contribution < -0.4 is 5.56 Å². The number of hydrogen-bond donors (Lipinski definition) is 0. The summed E-state index contributed by atoms with van der Waals surface area (Å²) in [5, 5.41) is 0. The molecule has 0 saturated carbocycles. The highest BCUT2D eigenvalue weighted by atomic mass is 16.6. The topological polar surface area (TPSA) is 77.8 Å². The van der Waals surface area contributed by atoms with Crippen molar-refractivity contribution in [3.8, 4) is 0 Å². The van der Waals surface area contributed by atoms with Crippen molar-refractivity contribution in [2.75, 3.05) is 19.7 Å². The summed E-state index contributed by atoms with van der Waals surface area (Å²) >= 11 is 0. The van der Waals surface area contributed by atoms with Crippen molar-refractivity contribution in [1.29, 1.82) is 0 Å². The first-order valence-electron chi connectivity index (χ1n) is 9.51. The predicted octanol–water partition coefficient (Wildman–Crippen LogP) is 2.77. The summed E-state index contributed by atoms with van der Waals surface area (Å²) in [4.78, 5) is 38.7. The highest BCUT2D eigenvalue weighted by Crippen LogP contribution is 2.34. The van der Waals surface area contributed by atoms with Crippen molar-refractivity contribution in [2.24, 2.45) is 5.92 Å². The minimum Gasteiger partial charge on any atom is -0.466 e. The lowest BCUT2D eigenvalue weighted by Gasteiger charge is -2.38. The van der Waals surface area contributed by atoms with Gasteiger partial charge in [-0.3, -0.25) is 9.59 Å². The first-order valence-corrected chi connectivity index (χ1v) is 9.51. The standard InChI is InChI=1S/C20H30N2O5/c1-6-21-10-8-14(12-17(21)23)15-9-11-22(19(25)27-20(3,4)5)13-16(15)18(24)26-7-2/h8,10,12,15-16H,6-7,9,11,13H2,1-5H3/t15-,16+/m0/s1. The smallest absolute Gasteiger partial charge is 0.410 e. The molecule has 2 heterocycles. The predicted molar refractivity (Wildman–Crippen MR) is 102 cm³/mol. The summed E-state index contributed by atoms with van der Waals surface area (Å²) < 4.78 is 12.3. The number of hydrogen-bond acceptors (Lipinski definition) is 5. The van der Waals surface area contributed by atoms with Crippen LogP contribution in [0, 0.1) is 5.92 Å². The fourth-order valence-electron chi connectivity index (χ4n) is 3.35. The largest absolute Gasteiger partial charge is 0.466 e. The van der Waals surface area contributed by atoms with Crippen LogP contribution in [0.15, 0.2) is 23.1 Å². The first-order chi connectivity index (χ1) is 12.7. The molecule has 1 aliphatic rings. The van der Waals surface area contributed by atoms with Gasteiger partial charge in [0.15, 0.2) is 0 Å². The Bertz CT molecular complexity index is 735. The molecular formula is C20H30N2O5. The minimum absolute atomic E-state index is 0.0906. The Morgan fingerprint density at radius 3 is 2.52 bits per heavy atom. The highest BCUT2D eigenvalue weighted by Gasteiger charge is 2.39. The highest BCUT2D eigenvalue weighted by molar-refractivity contribution is 5.76. The fourth-order valence-corrected chi connectivity index (χ4v) is 3.35. The van der Waals surface area contributed by atoms with Crippen molar-refractivity contribution in [1.82, 2.24) is 9.47 Å². The molecule has 0 unspecified atom stereocenters. The minimum atomic E-state index is -0.599. The van der Waals surface area contributed by atoms with E-state index in [9.17, 15) is 14.4 Å². The van der Waals surface area contributed by atoms with Gasteiger partial charge in [0.1, 0.15) is 5.60 Å². The summed E-state index contributed by atoms with van der Waals surface area (Å²) in [5.41, 5.74) is 0.122. The van der Waals surface area contributed by atoms with Gasteiger partial charge in [-0.25, -0.2) is 4.79 Å². The number of pyridine rings is 1. The molecule has 1 aliphatic heterocycles. The molecule has 1 fully saturated rings. The molecule has 7 nitrogen and oxygen atoms in total. The maximum absolute atomic E-state index is 12.6. The lowest BCUT2D eigenvalue weighted by Crippen LogP contribution is -2.48. The quantitative estimate of drug-likeness (QED) is 0.753. The number of aryl methyl sites for hydroxylation is 1. The summed E-state index contributed by atoms with van der Waals surface area (Å²) in [5.74, 6) is -1.04. The summed E-state index contributed by atoms with van der Waals surface area (Å²) in [6, 6.07) is 3.47. The third kappa shape index (κ3) is 5.34. The Morgan fingerprint density at radius 1 is 1.26 bits per heavy atom. The van der Waals surface area contributed by atoms with E-state index < -0.39 is 17.6 Å². The molecule has 0 aliphatic carbocycles. The molecule has 0 N–H and O–H groups in total. The SMILES string of the molecule is CCOC(=O)[C@@H]1CN(C(=O)OC(C)(C)C)CC[C@H]1c1ccn(CC)c(=O)c1. The second-order valence-corrected chi connectivity index (χ2v) is 7.76. The van der Waals surface area contributed by atoms with E-state index in [-0.39, 0.29) is 30.6 Å². The van der Waals surface area contributed by atoms with Crippen LogP contribution in [0.4, 0.5) is 4.79 Å². The lowest BCUT2D eigenvalue weighted by atomic mass is 9.81. The summed E-state index contributed by atoms with van der Waals surface area (Å²) in [7, 11) is 0. The monoisotopic (exact) mass is 378 g/mol. The molecule has 2 rings (SSSR count). The number of ether oxygens (including phenoxy) is 2. The molecule has 1 aromatic heterocycles.